The highest BCUT2D eigenvalue weighted by Gasteiger charge is 2.46. The predicted molar refractivity (Wildman–Crippen MR) is 123 cm³/mol. The predicted octanol–water partition coefficient (Wildman–Crippen LogP) is 7.33. The largest absolute Gasteiger partial charge is 0.487 e. The molecule has 3 nitrogen and oxygen atoms in total. The van der Waals surface area contributed by atoms with Crippen molar-refractivity contribution in [3.8, 4) is 11.5 Å². The summed E-state index contributed by atoms with van der Waals surface area (Å²) in [6.45, 7) is 19.1. The maximum Gasteiger partial charge on any atom is 0.316 e. The molecule has 0 saturated carbocycles. The van der Waals surface area contributed by atoms with Gasteiger partial charge in [0.15, 0.2) is 0 Å². The van der Waals surface area contributed by atoms with E-state index in [9.17, 15) is 4.79 Å². The van der Waals surface area contributed by atoms with Gasteiger partial charge < -0.3 is 9.47 Å². The molecular weight excluding hydrogens is 372 g/mol. The summed E-state index contributed by atoms with van der Waals surface area (Å²) in [5.41, 5.74) is 2.84. The molecule has 1 aromatic rings. The second-order valence-electron chi connectivity index (χ2n) is 11.6. The molecule has 0 aromatic heterocycles. The maximum absolute atomic E-state index is 12.9. The number of fused-ring (bicyclic) bond motifs is 3. The summed E-state index contributed by atoms with van der Waals surface area (Å²) in [5.74, 6) is 2.08. The summed E-state index contributed by atoms with van der Waals surface area (Å²) in [4.78, 5) is 12.9. The third-order valence-electron chi connectivity index (χ3n) is 6.96. The Kier molecular flexibility index (Phi) is 5.90. The molecular formula is C27H40O3. The quantitative estimate of drug-likeness (QED) is 0.295. The van der Waals surface area contributed by atoms with Gasteiger partial charge in [0.2, 0.25) is 0 Å². The number of rotatable bonds is 4. The lowest BCUT2D eigenvalue weighted by Crippen LogP contribution is -2.45. The SMILES string of the molecule is CCCC(C)(C)c1cc(OC(=O)C(C)(C)C)c2c(c1)OC(C)(C)C1CC=C(C)CC21. The van der Waals surface area contributed by atoms with Crippen LogP contribution >= 0.6 is 0 Å². The summed E-state index contributed by atoms with van der Waals surface area (Å²) >= 11 is 0. The maximum atomic E-state index is 12.9. The summed E-state index contributed by atoms with van der Waals surface area (Å²) < 4.78 is 12.7. The van der Waals surface area contributed by atoms with E-state index >= 15 is 0 Å². The molecule has 30 heavy (non-hydrogen) atoms. The Hall–Kier alpha value is -1.77. The first-order chi connectivity index (χ1) is 13.8. The van der Waals surface area contributed by atoms with Gasteiger partial charge in [0, 0.05) is 17.4 Å². The van der Waals surface area contributed by atoms with Crippen molar-refractivity contribution < 1.29 is 14.3 Å². The van der Waals surface area contributed by atoms with Crippen LogP contribution in [0.1, 0.15) is 105 Å². The molecule has 0 N–H and O–H groups in total. The number of ether oxygens (including phenoxy) is 2. The fourth-order valence-corrected chi connectivity index (χ4v) is 5.04. The average molecular weight is 413 g/mol. The van der Waals surface area contributed by atoms with Gasteiger partial charge in [0.25, 0.3) is 0 Å². The number of hydrogen-bond acceptors (Lipinski definition) is 3. The number of carbonyl (C=O) groups is 1. The average Bonchev–Trinajstić information content (AvgIpc) is 2.59. The Morgan fingerprint density at radius 3 is 2.47 bits per heavy atom. The first-order valence-electron chi connectivity index (χ1n) is 11.5. The van der Waals surface area contributed by atoms with Crippen molar-refractivity contribution >= 4 is 5.97 Å². The number of benzene rings is 1. The molecule has 0 saturated heterocycles. The van der Waals surface area contributed by atoms with Gasteiger partial charge in [-0.15, -0.1) is 0 Å². The molecule has 1 aliphatic carbocycles. The third kappa shape index (κ3) is 4.31. The highest BCUT2D eigenvalue weighted by atomic mass is 16.5. The highest BCUT2D eigenvalue weighted by Crippen LogP contribution is 2.55. The lowest BCUT2D eigenvalue weighted by Gasteiger charge is -2.47. The smallest absolute Gasteiger partial charge is 0.316 e. The van der Waals surface area contributed by atoms with Crippen LogP contribution in [0.15, 0.2) is 23.8 Å². The van der Waals surface area contributed by atoms with Crippen LogP contribution < -0.4 is 9.47 Å². The molecule has 1 heterocycles. The van der Waals surface area contributed by atoms with Gasteiger partial charge in [-0.3, -0.25) is 4.79 Å². The van der Waals surface area contributed by atoms with Crippen molar-refractivity contribution in [3.63, 3.8) is 0 Å². The molecule has 0 radical (unpaired) electrons. The number of allylic oxidation sites excluding steroid dienone is 2. The first kappa shape index (κ1) is 22.9. The molecule has 3 rings (SSSR count). The molecule has 2 aliphatic rings. The van der Waals surface area contributed by atoms with E-state index in [1.807, 2.05) is 20.8 Å². The van der Waals surface area contributed by atoms with E-state index in [4.69, 9.17) is 9.47 Å². The second kappa shape index (κ2) is 7.73. The molecule has 3 heteroatoms. The summed E-state index contributed by atoms with van der Waals surface area (Å²) in [6, 6.07) is 4.33. The molecule has 2 atom stereocenters. The van der Waals surface area contributed by atoms with E-state index in [0.29, 0.717) is 17.6 Å². The zero-order valence-electron chi connectivity index (χ0n) is 20.4. The molecule has 0 fully saturated rings. The Balaban J connectivity index is 2.19. The van der Waals surface area contributed by atoms with Crippen LogP contribution in [-0.4, -0.2) is 11.6 Å². The van der Waals surface area contributed by atoms with Gasteiger partial charge in [-0.1, -0.05) is 38.8 Å². The lowest BCUT2D eigenvalue weighted by atomic mass is 9.66. The van der Waals surface area contributed by atoms with Gasteiger partial charge in [-0.05, 0) is 83.9 Å². The molecule has 2 unspecified atom stereocenters. The standard InChI is InChI=1S/C27H40O3/c1-10-13-26(6,7)18-15-21(29-24(28)25(3,4)5)23-19-14-17(2)11-12-20(19)27(8,9)30-22(23)16-18/h11,15-16,19-20H,10,12-14H2,1-9H3. The van der Waals surface area contributed by atoms with Gasteiger partial charge in [0.1, 0.15) is 17.1 Å². The van der Waals surface area contributed by atoms with Crippen LogP contribution in [0.4, 0.5) is 0 Å². The normalized spacial score (nSPS) is 23.0. The third-order valence-corrected chi connectivity index (χ3v) is 6.96. The van der Waals surface area contributed by atoms with E-state index < -0.39 is 5.41 Å². The molecule has 1 aromatic carbocycles. The molecule has 1 aliphatic heterocycles. The minimum atomic E-state index is -0.557. The molecule has 0 amide bonds. The van der Waals surface area contributed by atoms with Crippen LogP contribution in [-0.2, 0) is 10.2 Å². The molecule has 0 bridgehead atoms. The number of carbonyl (C=O) groups excluding carboxylic acids is 1. The van der Waals surface area contributed by atoms with Gasteiger partial charge in [-0.25, -0.2) is 0 Å². The van der Waals surface area contributed by atoms with Crippen molar-refractivity contribution in [2.75, 3.05) is 0 Å². The first-order valence-corrected chi connectivity index (χ1v) is 11.5. The summed E-state index contributed by atoms with van der Waals surface area (Å²) in [7, 11) is 0. The monoisotopic (exact) mass is 412 g/mol. The zero-order valence-corrected chi connectivity index (χ0v) is 20.4. The molecule has 0 spiro atoms. The number of hydrogen-bond donors (Lipinski definition) is 0. The van der Waals surface area contributed by atoms with Crippen molar-refractivity contribution in [3.05, 3.63) is 34.9 Å². The lowest BCUT2D eigenvalue weighted by molar-refractivity contribution is -0.143. The minimum absolute atomic E-state index is 0.0145. The van der Waals surface area contributed by atoms with Crippen LogP contribution in [0.3, 0.4) is 0 Å². The topological polar surface area (TPSA) is 35.5 Å². The van der Waals surface area contributed by atoms with E-state index in [2.05, 4.69) is 59.8 Å². The number of esters is 1. The molecule has 166 valence electrons. The van der Waals surface area contributed by atoms with E-state index in [0.717, 1.165) is 37.0 Å². The van der Waals surface area contributed by atoms with Crippen molar-refractivity contribution in [1.82, 2.24) is 0 Å². The Bertz CT molecular complexity index is 852. The van der Waals surface area contributed by atoms with Crippen LogP contribution in [0.5, 0.6) is 11.5 Å². The highest BCUT2D eigenvalue weighted by molar-refractivity contribution is 5.78. The van der Waals surface area contributed by atoms with E-state index in [1.54, 1.807) is 0 Å². The van der Waals surface area contributed by atoms with Gasteiger partial charge in [-0.2, -0.15) is 0 Å². The Morgan fingerprint density at radius 2 is 1.87 bits per heavy atom. The van der Waals surface area contributed by atoms with Crippen molar-refractivity contribution in [2.45, 2.75) is 105 Å². The minimum Gasteiger partial charge on any atom is -0.487 e. The van der Waals surface area contributed by atoms with Gasteiger partial charge in [0.05, 0.1) is 5.41 Å². The Morgan fingerprint density at radius 1 is 1.20 bits per heavy atom. The van der Waals surface area contributed by atoms with Crippen LogP contribution in [0.25, 0.3) is 0 Å². The fourth-order valence-electron chi connectivity index (χ4n) is 5.04. The van der Waals surface area contributed by atoms with Gasteiger partial charge >= 0.3 is 5.97 Å². The second-order valence-corrected chi connectivity index (χ2v) is 11.6. The fraction of sp³-hybridized carbons (Fsp3) is 0.667. The van der Waals surface area contributed by atoms with E-state index in [1.165, 1.54) is 11.1 Å². The Labute approximate surface area is 183 Å². The zero-order chi connectivity index (χ0) is 22.5. The summed E-state index contributed by atoms with van der Waals surface area (Å²) in [6.07, 6.45) is 6.50. The van der Waals surface area contributed by atoms with Crippen LogP contribution in [0, 0.1) is 11.3 Å². The van der Waals surface area contributed by atoms with Crippen molar-refractivity contribution in [1.29, 1.82) is 0 Å². The van der Waals surface area contributed by atoms with Crippen LogP contribution in [0.2, 0.25) is 0 Å². The van der Waals surface area contributed by atoms with Crippen molar-refractivity contribution in [2.24, 2.45) is 11.3 Å². The summed E-state index contributed by atoms with van der Waals surface area (Å²) in [5, 5.41) is 0. The van der Waals surface area contributed by atoms with E-state index in [-0.39, 0.29) is 17.0 Å².